The van der Waals surface area contributed by atoms with Crippen LogP contribution in [0.3, 0.4) is 0 Å². The minimum atomic E-state index is -3.07. The predicted molar refractivity (Wildman–Crippen MR) is 70.5 cm³/mol. The molecule has 18 heavy (non-hydrogen) atoms. The van der Waals surface area contributed by atoms with E-state index in [1.165, 1.54) is 0 Å². The SMILES string of the molecule is Cc1cncc(C(NN)C2CCCCS2(=O)=O)c1. The van der Waals surface area contributed by atoms with Crippen molar-refractivity contribution in [3.05, 3.63) is 29.6 Å². The number of hydrogen-bond acceptors (Lipinski definition) is 5. The fourth-order valence-electron chi connectivity index (χ4n) is 2.52. The third-order valence-electron chi connectivity index (χ3n) is 3.44. The molecule has 0 bridgehead atoms. The highest BCUT2D eigenvalue weighted by Crippen LogP contribution is 2.30. The van der Waals surface area contributed by atoms with E-state index in [2.05, 4.69) is 10.4 Å². The Kier molecular flexibility index (Phi) is 3.99. The van der Waals surface area contributed by atoms with Crippen LogP contribution in [-0.4, -0.2) is 24.4 Å². The van der Waals surface area contributed by atoms with Gasteiger partial charge >= 0.3 is 0 Å². The Labute approximate surface area is 108 Å². The van der Waals surface area contributed by atoms with Crippen molar-refractivity contribution in [3.8, 4) is 0 Å². The maximum absolute atomic E-state index is 12.1. The molecule has 1 fully saturated rings. The maximum Gasteiger partial charge on any atom is 0.155 e. The molecule has 100 valence electrons. The number of rotatable bonds is 3. The Bertz CT molecular complexity index is 516. The summed E-state index contributed by atoms with van der Waals surface area (Å²) in [5, 5.41) is -0.445. The average molecular weight is 269 g/mol. The van der Waals surface area contributed by atoms with Gasteiger partial charge in [0, 0.05) is 12.4 Å². The van der Waals surface area contributed by atoms with Gasteiger partial charge in [-0.25, -0.2) is 8.42 Å². The van der Waals surface area contributed by atoms with E-state index in [1.54, 1.807) is 12.4 Å². The smallest absolute Gasteiger partial charge is 0.155 e. The number of hydrogen-bond donors (Lipinski definition) is 2. The largest absolute Gasteiger partial charge is 0.271 e. The minimum absolute atomic E-state index is 0.259. The van der Waals surface area contributed by atoms with Crippen molar-refractivity contribution in [2.45, 2.75) is 37.5 Å². The first-order valence-corrected chi connectivity index (χ1v) is 7.85. The molecular weight excluding hydrogens is 250 g/mol. The zero-order chi connectivity index (χ0) is 13.2. The van der Waals surface area contributed by atoms with Crippen LogP contribution in [0.4, 0.5) is 0 Å². The van der Waals surface area contributed by atoms with Gasteiger partial charge < -0.3 is 0 Å². The molecule has 2 unspecified atom stereocenters. The van der Waals surface area contributed by atoms with E-state index in [1.807, 2.05) is 13.0 Å². The quantitative estimate of drug-likeness (QED) is 0.628. The highest BCUT2D eigenvalue weighted by atomic mass is 32.2. The third kappa shape index (κ3) is 2.71. The fourth-order valence-corrected chi connectivity index (χ4v) is 4.61. The van der Waals surface area contributed by atoms with E-state index in [0.29, 0.717) is 6.42 Å². The van der Waals surface area contributed by atoms with E-state index in [9.17, 15) is 8.42 Å². The second-order valence-corrected chi connectivity index (χ2v) is 7.18. The number of sulfone groups is 1. The molecule has 2 rings (SSSR count). The van der Waals surface area contributed by atoms with Gasteiger partial charge in [-0.05, 0) is 30.9 Å². The van der Waals surface area contributed by atoms with Gasteiger partial charge in [-0.15, -0.1) is 0 Å². The Morgan fingerprint density at radius 1 is 1.44 bits per heavy atom. The molecule has 1 aromatic rings. The standard InChI is InChI=1S/C12H19N3O2S/c1-9-6-10(8-14-7-9)12(15-13)11-4-2-3-5-18(11,16)17/h6-8,11-12,15H,2-5,13H2,1H3. The van der Waals surface area contributed by atoms with Crippen LogP contribution in [-0.2, 0) is 9.84 Å². The first-order chi connectivity index (χ1) is 8.54. The molecule has 0 aromatic carbocycles. The molecule has 1 aliphatic rings. The summed E-state index contributed by atoms with van der Waals surface area (Å²) in [4.78, 5) is 4.11. The Morgan fingerprint density at radius 2 is 2.22 bits per heavy atom. The van der Waals surface area contributed by atoms with Gasteiger partial charge in [0.15, 0.2) is 9.84 Å². The monoisotopic (exact) mass is 269 g/mol. The summed E-state index contributed by atoms with van der Waals surface area (Å²) in [5.41, 5.74) is 4.49. The minimum Gasteiger partial charge on any atom is -0.271 e. The normalized spacial score (nSPS) is 24.7. The second-order valence-electron chi connectivity index (χ2n) is 4.84. The van der Waals surface area contributed by atoms with Gasteiger partial charge in [0.25, 0.3) is 0 Å². The maximum atomic E-state index is 12.1. The molecule has 5 nitrogen and oxygen atoms in total. The van der Waals surface area contributed by atoms with Crippen molar-refractivity contribution in [2.24, 2.45) is 5.84 Å². The van der Waals surface area contributed by atoms with Crippen molar-refractivity contribution in [2.75, 3.05) is 5.75 Å². The Morgan fingerprint density at radius 3 is 2.83 bits per heavy atom. The lowest BCUT2D eigenvalue weighted by atomic mass is 10.0. The second kappa shape index (κ2) is 5.34. The highest BCUT2D eigenvalue weighted by molar-refractivity contribution is 7.92. The van der Waals surface area contributed by atoms with Crippen LogP contribution in [0.25, 0.3) is 0 Å². The van der Waals surface area contributed by atoms with E-state index in [4.69, 9.17) is 5.84 Å². The van der Waals surface area contributed by atoms with Gasteiger partial charge in [0.2, 0.25) is 0 Å². The van der Waals surface area contributed by atoms with Crippen LogP contribution >= 0.6 is 0 Å². The van der Waals surface area contributed by atoms with Crippen LogP contribution in [0.2, 0.25) is 0 Å². The van der Waals surface area contributed by atoms with Crippen LogP contribution < -0.4 is 11.3 Å². The molecule has 6 heteroatoms. The predicted octanol–water partition coefficient (Wildman–Crippen LogP) is 0.862. The first-order valence-electron chi connectivity index (χ1n) is 6.14. The highest BCUT2D eigenvalue weighted by Gasteiger charge is 2.36. The molecule has 1 aliphatic heterocycles. The molecule has 0 radical (unpaired) electrons. The molecule has 3 N–H and O–H groups in total. The van der Waals surface area contributed by atoms with E-state index < -0.39 is 15.1 Å². The summed E-state index contributed by atoms with van der Waals surface area (Å²) in [7, 11) is -3.07. The van der Waals surface area contributed by atoms with E-state index >= 15 is 0 Å². The first kappa shape index (κ1) is 13.5. The molecule has 1 aromatic heterocycles. The van der Waals surface area contributed by atoms with Crippen LogP contribution in [0, 0.1) is 6.92 Å². The van der Waals surface area contributed by atoms with Crippen molar-refractivity contribution in [1.82, 2.24) is 10.4 Å². The average Bonchev–Trinajstić information content (AvgIpc) is 2.32. The van der Waals surface area contributed by atoms with Crippen molar-refractivity contribution in [1.29, 1.82) is 0 Å². The number of pyridine rings is 1. The molecule has 0 saturated carbocycles. The van der Waals surface area contributed by atoms with Crippen molar-refractivity contribution in [3.63, 3.8) is 0 Å². The van der Waals surface area contributed by atoms with E-state index in [0.717, 1.165) is 24.0 Å². The fraction of sp³-hybridized carbons (Fsp3) is 0.583. The summed E-state index contributed by atoms with van der Waals surface area (Å²) < 4.78 is 24.2. The number of nitrogens with two attached hydrogens (primary N) is 1. The van der Waals surface area contributed by atoms with Crippen LogP contribution in [0.1, 0.15) is 36.4 Å². The summed E-state index contributed by atoms with van der Waals surface area (Å²) in [5.74, 6) is 5.82. The molecule has 0 spiro atoms. The van der Waals surface area contributed by atoms with E-state index in [-0.39, 0.29) is 11.8 Å². The summed E-state index contributed by atoms with van der Waals surface area (Å²) >= 11 is 0. The van der Waals surface area contributed by atoms with Gasteiger partial charge in [-0.3, -0.25) is 16.3 Å². The Hall–Kier alpha value is -0.980. The Balaban J connectivity index is 2.33. The number of nitrogens with one attached hydrogen (secondary N) is 1. The molecule has 0 aliphatic carbocycles. The molecule has 0 amide bonds. The lowest BCUT2D eigenvalue weighted by molar-refractivity contribution is 0.453. The van der Waals surface area contributed by atoms with Crippen molar-refractivity contribution >= 4 is 9.84 Å². The lowest BCUT2D eigenvalue weighted by Crippen LogP contribution is -2.43. The van der Waals surface area contributed by atoms with Gasteiger partial charge in [-0.2, -0.15) is 0 Å². The molecule has 1 saturated heterocycles. The molecule has 2 atom stereocenters. The zero-order valence-electron chi connectivity index (χ0n) is 10.5. The molecule has 2 heterocycles. The zero-order valence-corrected chi connectivity index (χ0v) is 11.3. The summed E-state index contributed by atoms with van der Waals surface area (Å²) in [6.07, 6.45) is 5.77. The van der Waals surface area contributed by atoms with Crippen LogP contribution in [0.5, 0.6) is 0 Å². The number of aromatic nitrogens is 1. The van der Waals surface area contributed by atoms with Gasteiger partial charge in [0.1, 0.15) is 0 Å². The molecular formula is C12H19N3O2S. The van der Waals surface area contributed by atoms with Gasteiger partial charge in [-0.1, -0.05) is 12.5 Å². The van der Waals surface area contributed by atoms with Gasteiger partial charge in [0.05, 0.1) is 17.0 Å². The number of nitrogens with zero attached hydrogens (tertiary/aromatic N) is 1. The number of hydrazine groups is 1. The topological polar surface area (TPSA) is 85.1 Å². The third-order valence-corrected chi connectivity index (χ3v) is 5.72. The summed E-state index contributed by atoms with van der Waals surface area (Å²) in [6, 6.07) is 1.56. The number of aryl methyl sites for hydroxylation is 1. The lowest BCUT2D eigenvalue weighted by Gasteiger charge is -2.29. The van der Waals surface area contributed by atoms with Crippen LogP contribution in [0.15, 0.2) is 18.5 Å². The summed E-state index contributed by atoms with van der Waals surface area (Å²) in [6.45, 7) is 1.93. The van der Waals surface area contributed by atoms with Crippen molar-refractivity contribution < 1.29 is 8.42 Å².